The highest BCUT2D eigenvalue weighted by molar-refractivity contribution is 5.80. The third-order valence-electron chi connectivity index (χ3n) is 8.15. The zero-order chi connectivity index (χ0) is 28.7. The molecule has 4 aromatic rings. The predicted octanol–water partition coefficient (Wildman–Crippen LogP) is 7.29. The fourth-order valence-electron chi connectivity index (χ4n) is 6.23. The monoisotopic (exact) mass is 553 g/mol. The molecule has 6 rings (SSSR count). The molecule has 2 heterocycles. The molecule has 0 unspecified atom stereocenters. The van der Waals surface area contributed by atoms with Crippen LogP contribution in [0.2, 0.25) is 0 Å². The molecule has 1 aromatic heterocycles. The average molecular weight is 554 g/mol. The van der Waals surface area contributed by atoms with E-state index in [0.717, 1.165) is 50.9 Å². The third kappa shape index (κ3) is 5.01. The first-order valence-electron chi connectivity index (χ1n) is 13.8. The van der Waals surface area contributed by atoms with Gasteiger partial charge in [-0.2, -0.15) is 0 Å². The number of carbonyl (C=O) groups is 1. The van der Waals surface area contributed by atoms with E-state index in [4.69, 9.17) is 18.9 Å². The van der Waals surface area contributed by atoms with Crippen molar-refractivity contribution in [3.63, 3.8) is 0 Å². The molecule has 1 aliphatic heterocycles. The number of benzene rings is 3. The van der Waals surface area contributed by atoms with Gasteiger partial charge < -0.3 is 18.9 Å². The van der Waals surface area contributed by atoms with Gasteiger partial charge in [0.05, 0.1) is 27.2 Å². The number of fused-ring (bicyclic) bond motifs is 2. The van der Waals surface area contributed by atoms with Crippen LogP contribution in [0.1, 0.15) is 52.7 Å². The van der Waals surface area contributed by atoms with E-state index in [1.807, 2.05) is 36.4 Å². The lowest BCUT2D eigenvalue weighted by Crippen LogP contribution is -2.09. The molecule has 0 spiro atoms. The summed E-state index contributed by atoms with van der Waals surface area (Å²) in [7, 11) is 3.00. The summed E-state index contributed by atoms with van der Waals surface area (Å²) in [4.78, 5) is 16.0. The molecule has 7 heteroatoms. The summed E-state index contributed by atoms with van der Waals surface area (Å²) in [5.41, 5.74) is 9.09. The van der Waals surface area contributed by atoms with Crippen molar-refractivity contribution >= 4 is 5.97 Å². The Morgan fingerprint density at radius 1 is 1.02 bits per heavy atom. The molecule has 6 nitrogen and oxygen atoms in total. The summed E-state index contributed by atoms with van der Waals surface area (Å²) in [5, 5.41) is 0. The van der Waals surface area contributed by atoms with Gasteiger partial charge in [0, 0.05) is 35.4 Å². The maximum Gasteiger partial charge on any atom is 0.306 e. The first-order valence-corrected chi connectivity index (χ1v) is 13.8. The van der Waals surface area contributed by atoms with Gasteiger partial charge in [-0.3, -0.25) is 4.79 Å². The number of aryl methyl sites for hydroxylation is 2. The van der Waals surface area contributed by atoms with Crippen LogP contribution in [0.25, 0.3) is 22.3 Å². The molecule has 41 heavy (non-hydrogen) atoms. The van der Waals surface area contributed by atoms with E-state index in [-0.39, 0.29) is 24.1 Å². The number of pyridine rings is 1. The zero-order valence-electron chi connectivity index (χ0n) is 23.6. The highest BCUT2D eigenvalue weighted by atomic mass is 19.1. The first kappa shape index (κ1) is 26.8. The van der Waals surface area contributed by atoms with E-state index in [9.17, 15) is 4.79 Å². The van der Waals surface area contributed by atoms with Gasteiger partial charge in [0.15, 0.2) is 0 Å². The number of rotatable bonds is 7. The van der Waals surface area contributed by atoms with Gasteiger partial charge in [0.2, 0.25) is 5.88 Å². The second-order valence-corrected chi connectivity index (χ2v) is 10.7. The van der Waals surface area contributed by atoms with Crippen LogP contribution in [0, 0.1) is 19.7 Å². The molecule has 0 bridgehead atoms. The fraction of sp³-hybridized carbons (Fsp3) is 0.294. The number of esters is 1. The molecule has 3 aromatic carbocycles. The van der Waals surface area contributed by atoms with E-state index in [1.165, 1.54) is 7.11 Å². The highest BCUT2D eigenvalue weighted by Crippen LogP contribution is 2.45. The van der Waals surface area contributed by atoms with Gasteiger partial charge >= 0.3 is 5.97 Å². The summed E-state index contributed by atoms with van der Waals surface area (Å²) < 4.78 is 37.7. The van der Waals surface area contributed by atoms with Gasteiger partial charge in [0.1, 0.15) is 23.4 Å². The van der Waals surface area contributed by atoms with Crippen LogP contribution in [-0.4, -0.2) is 31.8 Å². The second kappa shape index (κ2) is 10.9. The summed E-state index contributed by atoms with van der Waals surface area (Å²) in [6.45, 7) is 4.62. The topological polar surface area (TPSA) is 66.9 Å². The largest absolute Gasteiger partial charge is 0.492 e. The third-order valence-corrected chi connectivity index (χ3v) is 8.15. The number of hydrogen-bond donors (Lipinski definition) is 0. The van der Waals surface area contributed by atoms with Crippen molar-refractivity contribution in [3.8, 4) is 39.6 Å². The standard InChI is InChI=1S/C34H32FNO5/c1-19-13-22(21-11-12-36-31(15-21)38-3)14-20(2)33(19)26-7-9-28(35)34-27(26)8-10-29(34)41-24-5-6-25-23(16-32(37)39-4)18-40-30(25)17-24/h5-7,9,11-15,17,23,29H,8,10,16,18H2,1-4H3/t23-,29-/m1/s1. The van der Waals surface area contributed by atoms with Gasteiger partial charge in [-0.1, -0.05) is 24.3 Å². The number of hydrogen-bond acceptors (Lipinski definition) is 6. The molecule has 0 radical (unpaired) electrons. The molecule has 2 atom stereocenters. The lowest BCUT2D eigenvalue weighted by atomic mass is 9.88. The second-order valence-electron chi connectivity index (χ2n) is 10.7. The Bertz CT molecular complexity index is 1630. The van der Waals surface area contributed by atoms with Crippen LogP contribution >= 0.6 is 0 Å². The Balaban J connectivity index is 1.29. The lowest BCUT2D eigenvalue weighted by molar-refractivity contribution is -0.141. The number of carbonyl (C=O) groups excluding carboxylic acids is 1. The average Bonchev–Trinajstić information content (AvgIpc) is 3.58. The number of halogens is 1. The van der Waals surface area contributed by atoms with Crippen molar-refractivity contribution in [1.82, 2.24) is 4.98 Å². The van der Waals surface area contributed by atoms with E-state index in [0.29, 0.717) is 36.0 Å². The Hall–Kier alpha value is -4.39. The van der Waals surface area contributed by atoms with Crippen molar-refractivity contribution in [2.24, 2.45) is 0 Å². The van der Waals surface area contributed by atoms with Crippen LogP contribution in [0.15, 0.2) is 60.8 Å². The predicted molar refractivity (Wildman–Crippen MR) is 154 cm³/mol. The van der Waals surface area contributed by atoms with Gasteiger partial charge in [-0.15, -0.1) is 0 Å². The smallest absolute Gasteiger partial charge is 0.306 e. The van der Waals surface area contributed by atoms with E-state index in [1.54, 1.807) is 19.4 Å². The van der Waals surface area contributed by atoms with Crippen LogP contribution < -0.4 is 14.2 Å². The van der Waals surface area contributed by atoms with Crippen molar-refractivity contribution in [2.45, 2.75) is 45.1 Å². The molecule has 210 valence electrons. The molecular weight excluding hydrogens is 521 g/mol. The number of aromatic nitrogens is 1. The van der Waals surface area contributed by atoms with E-state index in [2.05, 4.69) is 31.0 Å². The number of ether oxygens (including phenoxy) is 4. The molecule has 0 N–H and O–H groups in total. The van der Waals surface area contributed by atoms with Crippen molar-refractivity contribution < 1.29 is 28.1 Å². The van der Waals surface area contributed by atoms with Crippen molar-refractivity contribution in [2.75, 3.05) is 20.8 Å². The molecule has 0 saturated heterocycles. The van der Waals surface area contributed by atoms with Crippen LogP contribution in [0.3, 0.4) is 0 Å². The van der Waals surface area contributed by atoms with Crippen LogP contribution in [0.4, 0.5) is 4.39 Å². The van der Waals surface area contributed by atoms with E-state index >= 15 is 4.39 Å². The minimum absolute atomic E-state index is 0.0443. The minimum atomic E-state index is -0.403. The summed E-state index contributed by atoms with van der Waals surface area (Å²) in [5.74, 6) is 1.32. The highest BCUT2D eigenvalue weighted by Gasteiger charge is 2.32. The van der Waals surface area contributed by atoms with Crippen LogP contribution in [-0.2, 0) is 16.0 Å². The van der Waals surface area contributed by atoms with E-state index < -0.39 is 6.10 Å². The quantitative estimate of drug-likeness (QED) is 0.224. The normalized spacial score (nSPS) is 17.0. The molecule has 0 saturated carbocycles. The van der Waals surface area contributed by atoms with Gasteiger partial charge in [0.25, 0.3) is 0 Å². The van der Waals surface area contributed by atoms with Gasteiger partial charge in [-0.25, -0.2) is 9.37 Å². The SMILES string of the molecule is COC(=O)C[C@@H]1COc2cc(O[C@@H]3CCc4c(-c5c(C)cc(-c6ccnc(OC)c6)cc5C)ccc(F)c43)ccc21. The van der Waals surface area contributed by atoms with Gasteiger partial charge in [-0.05, 0) is 83.8 Å². The summed E-state index contributed by atoms with van der Waals surface area (Å²) in [6, 6.07) is 17.3. The fourth-order valence-corrected chi connectivity index (χ4v) is 6.23. The number of methoxy groups -OCH3 is 2. The maximum atomic E-state index is 15.4. The Morgan fingerprint density at radius 3 is 2.59 bits per heavy atom. The van der Waals surface area contributed by atoms with Crippen molar-refractivity contribution in [1.29, 1.82) is 0 Å². The molecule has 0 fully saturated rings. The Labute approximate surface area is 239 Å². The Morgan fingerprint density at radius 2 is 1.83 bits per heavy atom. The summed E-state index contributed by atoms with van der Waals surface area (Å²) >= 11 is 0. The maximum absolute atomic E-state index is 15.4. The first-order chi connectivity index (χ1) is 19.9. The van der Waals surface area contributed by atoms with Crippen molar-refractivity contribution in [3.05, 3.63) is 94.4 Å². The van der Waals surface area contributed by atoms with Crippen LogP contribution in [0.5, 0.6) is 17.4 Å². The molecule has 2 aliphatic rings. The molecule has 0 amide bonds. The molecule has 1 aliphatic carbocycles. The zero-order valence-corrected chi connectivity index (χ0v) is 23.6. The Kier molecular flexibility index (Phi) is 7.12. The summed E-state index contributed by atoms with van der Waals surface area (Å²) in [6.07, 6.45) is 3.01. The minimum Gasteiger partial charge on any atom is -0.492 e. The number of nitrogens with zero attached hydrogens (tertiary/aromatic N) is 1. The lowest BCUT2D eigenvalue weighted by Gasteiger charge is -2.19. The molecular formula is C34H32FNO5.